The van der Waals surface area contributed by atoms with Crippen molar-refractivity contribution in [1.82, 2.24) is 19.9 Å². The molecule has 12 nitrogen and oxygen atoms in total. The molecule has 4 aromatic rings. The summed E-state index contributed by atoms with van der Waals surface area (Å²) in [7, 11) is 0. The Bertz CT molecular complexity index is 2070. The molecule has 0 bridgehead atoms. The minimum atomic E-state index is -0.501. The molecule has 6 rings (SSSR count). The molecule has 12 heteroatoms. The average Bonchev–Trinajstić information content (AvgIpc) is 3.99. The second-order valence-corrected chi connectivity index (χ2v) is 12.1. The van der Waals surface area contributed by atoms with E-state index in [4.69, 9.17) is 18.7 Å². The topological polar surface area (TPSA) is 181 Å². The van der Waals surface area contributed by atoms with Gasteiger partial charge in [0.15, 0.2) is 6.61 Å². The van der Waals surface area contributed by atoms with Crippen molar-refractivity contribution in [2.75, 3.05) is 13.2 Å². The van der Waals surface area contributed by atoms with Crippen LogP contribution in [0.5, 0.6) is 6.01 Å². The van der Waals surface area contributed by atoms with E-state index in [2.05, 4.69) is 43.6 Å². The van der Waals surface area contributed by atoms with Crippen molar-refractivity contribution in [1.29, 1.82) is 0 Å². The van der Waals surface area contributed by atoms with Crippen molar-refractivity contribution in [2.24, 2.45) is 11.8 Å². The lowest BCUT2D eigenvalue weighted by Gasteiger charge is -2.06. The van der Waals surface area contributed by atoms with Crippen LogP contribution in [-0.2, 0) is 12.8 Å². The molecule has 0 aliphatic heterocycles. The van der Waals surface area contributed by atoms with E-state index in [1.807, 2.05) is 13.8 Å². The molecular weight excluding hydrogens is 652 g/mol. The lowest BCUT2D eigenvalue weighted by molar-refractivity contribution is 0.337. The van der Waals surface area contributed by atoms with E-state index >= 15 is 0 Å². The lowest BCUT2D eigenvalue weighted by atomic mass is 10.1. The summed E-state index contributed by atoms with van der Waals surface area (Å²) >= 11 is 0. The molecule has 2 aliphatic rings. The number of aromatic amines is 2. The van der Waals surface area contributed by atoms with Gasteiger partial charge >= 0.3 is 17.3 Å². The van der Waals surface area contributed by atoms with Crippen molar-refractivity contribution < 1.29 is 18.7 Å². The second kappa shape index (κ2) is 21.3. The number of fused-ring (bicyclic) bond motifs is 2. The molecule has 0 atom stereocenters. The summed E-state index contributed by atoms with van der Waals surface area (Å²) in [4.78, 5) is 61.0. The van der Waals surface area contributed by atoms with Crippen LogP contribution < -0.4 is 27.1 Å². The zero-order valence-corrected chi connectivity index (χ0v) is 28.4. The Morgan fingerprint density at radius 2 is 1.25 bits per heavy atom. The van der Waals surface area contributed by atoms with E-state index in [1.165, 1.54) is 44.2 Å². The second-order valence-electron chi connectivity index (χ2n) is 12.1. The molecule has 2 aliphatic carbocycles. The van der Waals surface area contributed by atoms with E-state index in [1.54, 1.807) is 6.92 Å². The van der Waals surface area contributed by atoms with Gasteiger partial charge in [-0.15, -0.1) is 11.8 Å². The van der Waals surface area contributed by atoms with Crippen molar-refractivity contribution in [2.45, 2.75) is 113 Å². The van der Waals surface area contributed by atoms with Crippen LogP contribution in [0.4, 0.5) is 0 Å². The average molecular weight is 705 g/mol. The fraction of sp³-hybridized carbons (Fsp3) is 0.538. The maximum Gasteiger partial charge on any atom is 0.337 e. The standard InChI is InChI=1S/C18H20N2O4.C14H16N2O3.C5H8O.2CH4/c1-2-3-4-10-23-18-19-16(22)15-13(7-5-6-12-8-9-12)11-14(21)24-17(15)20-18;1-8-15-13(18)12-10(4-2-3-9-5-6-9)7-11(17)19-14(12)16-8;1-2-3-4-5-6;;/h11-12H,2,5-10H2,1H3,(H,19,20,22);7,9H,2-6H2,1H3,(H,15,16,18);6H,2,5H2,1H3;2*1H4. The maximum atomic E-state index is 12.4. The molecular formula is C39H52N4O8. The number of aliphatic hydroxyl groups excluding tert-OH is 1. The molecule has 0 amide bonds. The Hall–Kier alpha value is -4.94. The van der Waals surface area contributed by atoms with Gasteiger partial charge in [-0.1, -0.05) is 79.1 Å². The van der Waals surface area contributed by atoms with Gasteiger partial charge in [-0.25, -0.2) is 9.59 Å². The zero-order valence-electron chi connectivity index (χ0n) is 28.4. The molecule has 0 unspecified atom stereocenters. The molecule has 4 heterocycles. The van der Waals surface area contributed by atoms with Crippen molar-refractivity contribution >= 4 is 22.2 Å². The molecule has 0 aromatic carbocycles. The van der Waals surface area contributed by atoms with Crippen LogP contribution in [-0.4, -0.2) is 38.3 Å². The Morgan fingerprint density at radius 1 is 0.765 bits per heavy atom. The van der Waals surface area contributed by atoms with E-state index in [0.717, 1.165) is 55.9 Å². The van der Waals surface area contributed by atoms with Crippen LogP contribution in [0, 0.1) is 42.4 Å². The number of rotatable bonds is 10. The van der Waals surface area contributed by atoms with Crippen LogP contribution in [0.2, 0.25) is 0 Å². The Morgan fingerprint density at radius 3 is 1.73 bits per heavy atom. The number of ether oxygens (including phenoxy) is 1. The molecule has 2 saturated carbocycles. The highest BCUT2D eigenvalue weighted by atomic mass is 16.5. The third-order valence-corrected chi connectivity index (χ3v) is 7.96. The minimum absolute atomic E-state index is 0. The number of hydrogen-bond donors (Lipinski definition) is 3. The fourth-order valence-corrected chi connectivity index (χ4v) is 5.28. The summed E-state index contributed by atoms with van der Waals surface area (Å²) in [5.41, 5.74) is 0.0800. The Balaban J connectivity index is 0.000000300. The third kappa shape index (κ3) is 13.7. The number of hydrogen-bond acceptors (Lipinski definition) is 10. The summed E-state index contributed by atoms with van der Waals surface area (Å²) in [6.07, 6.45) is 12.4. The van der Waals surface area contributed by atoms with Crippen LogP contribution in [0.1, 0.15) is 110 Å². The molecule has 0 spiro atoms. The number of nitrogens with one attached hydrogen (secondary N) is 2. The number of H-pyrrole nitrogens is 2. The Kier molecular flexibility index (Phi) is 17.6. The minimum Gasteiger partial charge on any atom is -0.451 e. The summed E-state index contributed by atoms with van der Waals surface area (Å²) in [5, 5.41) is 8.77. The van der Waals surface area contributed by atoms with Gasteiger partial charge in [0.25, 0.3) is 11.1 Å². The quantitative estimate of drug-likeness (QED) is 0.166. The van der Waals surface area contributed by atoms with Gasteiger partial charge in [-0.2, -0.15) is 9.97 Å². The smallest absolute Gasteiger partial charge is 0.337 e. The molecule has 51 heavy (non-hydrogen) atoms. The largest absolute Gasteiger partial charge is 0.451 e. The van der Waals surface area contributed by atoms with Crippen LogP contribution in [0.3, 0.4) is 0 Å². The monoisotopic (exact) mass is 704 g/mol. The van der Waals surface area contributed by atoms with Gasteiger partial charge < -0.3 is 23.7 Å². The van der Waals surface area contributed by atoms with Crippen molar-refractivity contribution in [3.05, 3.63) is 70.6 Å². The summed E-state index contributed by atoms with van der Waals surface area (Å²) in [6.45, 7) is 5.66. The van der Waals surface area contributed by atoms with Crippen molar-refractivity contribution in [3.63, 3.8) is 0 Å². The van der Waals surface area contributed by atoms with Gasteiger partial charge in [0.1, 0.15) is 23.2 Å². The summed E-state index contributed by atoms with van der Waals surface area (Å²) in [5.74, 6) is 13.0. The predicted molar refractivity (Wildman–Crippen MR) is 200 cm³/mol. The zero-order chi connectivity index (χ0) is 35.2. The predicted octanol–water partition coefficient (Wildman–Crippen LogP) is 5.98. The lowest BCUT2D eigenvalue weighted by Crippen LogP contribution is -2.15. The molecule has 0 saturated heterocycles. The number of nitrogens with zero attached hydrogens (tertiary/aromatic N) is 2. The molecule has 2 fully saturated rings. The van der Waals surface area contributed by atoms with Gasteiger partial charge in [-0.3, -0.25) is 14.6 Å². The summed E-state index contributed by atoms with van der Waals surface area (Å²) < 4.78 is 15.4. The highest BCUT2D eigenvalue weighted by Gasteiger charge is 2.22. The van der Waals surface area contributed by atoms with Gasteiger partial charge in [0.05, 0.1) is 0 Å². The first kappa shape index (κ1) is 42.2. The molecule has 0 radical (unpaired) electrons. The van der Waals surface area contributed by atoms with Crippen LogP contribution >= 0.6 is 0 Å². The van der Waals surface area contributed by atoms with E-state index in [-0.39, 0.29) is 56.6 Å². The highest BCUT2D eigenvalue weighted by molar-refractivity contribution is 5.76. The number of aromatic nitrogens is 4. The number of aryl methyl sites for hydroxylation is 3. The molecule has 4 aromatic heterocycles. The first-order valence-electron chi connectivity index (χ1n) is 17.0. The van der Waals surface area contributed by atoms with Gasteiger partial charge in [0, 0.05) is 25.0 Å². The Labute approximate surface area is 298 Å². The third-order valence-electron chi connectivity index (χ3n) is 7.96. The van der Waals surface area contributed by atoms with Gasteiger partial charge in [-0.05, 0) is 55.6 Å². The normalized spacial score (nSPS) is 12.7. The van der Waals surface area contributed by atoms with Crippen molar-refractivity contribution in [3.8, 4) is 29.7 Å². The first-order valence-corrected chi connectivity index (χ1v) is 17.0. The molecule has 3 N–H and O–H groups in total. The first-order chi connectivity index (χ1) is 23.7. The SMILES string of the molecule is C.C.CCC#CCO.CCC#CCOc1nc2oc(=O)cc(CCCC3CC3)c2c(=O)[nH]1.Cc1nc2oc(=O)cc(CCCC3CC3)c2c(=O)[nH]1. The van der Waals surface area contributed by atoms with Gasteiger partial charge in [0.2, 0.25) is 11.4 Å². The molecule has 276 valence electrons. The fourth-order valence-electron chi connectivity index (χ4n) is 5.28. The maximum absolute atomic E-state index is 12.4. The van der Waals surface area contributed by atoms with Crippen LogP contribution in [0.25, 0.3) is 22.2 Å². The summed E-state index contributed by atoms with van der Waals surface area (Å²) in [6, 6.07) is 2.82. The number of aliphatic hydroxyl groups is 1. The van der Waals surface area contributed by atoms with E-state index in [9.17, 15) is 19.2 Å². The highest BCUT2D eigenvalue weighted by Crippen LogP contribution is 2.34. The van der Waals surface area contributed by atoms with E-state index < -0.39 is 11.3 Å². The van der Waals surface area contributed by atoms with E-state index in [0.29, 0.717) is 28.6 Å². The van der Waals surface area contributed by atoms with Crippen LogP contribution in [0.15, 0.2) is 40.1 Å².